The lowest BCUT2D eigenvalue weighted by Crippen LogP contribution is -2.38. The van der Waals surface area contributed by atoms with Crippen LogP contribution in [0.15, 0.2) is 24.3 Å². The van der Waals surface area contributed by atoms with Crippen molar-refractivity contribution in [2.75, 3.05) is 6.54 Å². The van der Waals surface area contributed by atoms with Gasteiger partial charge in [0.2, 0.25) is 0 Å². The molecule has 0 aliphatic heterocycles. The highest BCUT2D eigenvalue weighted by atomic mass is 14.9. The van der Waals surface area contributed by atoms with Crippen LogP contribution < -0.4 is 11.1 Å². The van der Waals surface area contributed by atoms with E-state index in [0.29, 0.717) is 12.1 Å². The third kappa shape index (κ3) is 4.96. The van der Waals surface area contributed by atoms with Crippen LogP contribution in [0.4, 0.5) is 0 Å². The van der Waals surface area contributed by atoms with E-state index in [1.165, 1.54) is 49.7 Å². The van der Waals surface area contributed by atoms with Gasteiger partial charge in [0.15, 0.2) is 0 Å². The zero-order chi connectivity index (χ0) is 13.5. The topological polar surface area (TPSA) is 38.0 Å². The van der Waals surface area contributed by atoms with Crippen LogP contribution in [0.2, 0.25) is 0 Å². The van der Waals surface area contributed by atoms with Crippen molar-refractivity contribution < 1.29 is 0 Å². The molecule has 0 atom stereocenters. The average Bonchev–Trinajstić information content (AvgIpc) is 2.43. The van der Waals surface area contributed by atoms with Crippen molar-refractivity contribution in [3.05, 3.63) is 35.4 Å². The molecule has 1 aromatic rings. The second kappa shape index (κ2) is 7.66. The van der Waals surface area contributed by atoms with Gasteiger partial charge < -0.3 is 11.1 Å². The molecule has 0 aromatic heterocycles. The quantitative estimate of drug-likeness (QED) is 0.825. The first kappa shape index (κ1) is 14.5. The zero-order valence-corrected chi connectivity index (χ0v) is 12.2. The lowest BCUT2D eigenvalue weighted by atomic mass is 9.92. The van der Waals surface area contributed by atoms with Crippen LogP contribution in [-0.4, -0.2) is 18.6 Å². The largest absolute Gasteiger partial charge is 0.328 e. The van der Waals surface area contributed by atoms with Crippen molar-refractivity contribution in [1.82, 2.24) is 5.32 Å². The second-order valence-electron chi connectivity index (χ2n) is 5.88. The van der Waals surface area contributed by atoms with Gasteiger partial charge in [-0.1, -0.05) is 37.6 Å². The molecule has 1 aromatic carbocycles. The number of nitrogens with two attached hydrogens (primary N) is 1. The minimum absolute atomic E-state index is 0.448. The number of benzene rings is 1. The summed E-state index contributed by atoms with van der Waals surface area (Å²) in [5.74, 6) is 0. The molecule has 2 rings (SSSR count). The molecule has 0 unspecified atom stereocenters. The Morgan fingerprint density at radius 1 is 1.00 bits per heavy atom. The predicted octanol–water partition coefficient (Wildman–Crippen LogP) is 3.04. The lowest BCUT2D eigenvalue weighted by molar-refractivity contribution is 0.344. The molecule has 0 spiro atoms. The summed E-state index contributed by atoms with van der Waals surface area (Å²) in [6.45, 7) is 3.32. The van der Waals surface area contributed by atoms with Gasteiger partial charge in [0.25, 0.3) is 0 Å². The zero-order valence-electron chi connectivity index (χ0n) is 12.2. The number of rotatable bonds is 6. The standard InChI is InChI=1S/C17H28N2/c1-2-3-14-4-6-15(7-5-14)12-13-19-17-10-8-16(18)9-11-17/h4-7,16-17,19H,2-3,8-13,18H2,1H3. The molecule has 19 heavy (non-hydrogen) atoms. The Hall–Kier alpha value is -0.860. The summed E-state index contributed by atoms with van der Waals surface area (Å²) in [6.07, 6.45) is 8.42. The van der Waals surface area contributed by atoms with Gasteiger partial charge >= 0.3 is 0 Å². The minimum Gasteiger partial charge on any atom is -0.328 e. The predicted molar refractivity (Wildman–Crippen MR) is 82.4 cm³/mol. The van der Waals surface area contributed by atoms with Gasteiger partial charge in [0, 0.05) is 12.1 Å². The maximum absolute atomic E-state index is 5.93. The molecule has 0 amide bonds. The third-order valence-corrected chi connectivity index (χ3v) is 4.18. The van der Waals surface area contributed by atoms with Crippen LogP contribution in [-0.2, 0) is 12.8 Å². The Labute approximate surface area is 117 Å². The molecule has 2 heteroatoms. The van der Waals surface area contributed by atoms with Crippen LogP contribution in [0, 0.1) is 0 Å². The van der Waals surface area contributed by atoms with Crippen LogP contribution >= 0.6 is 0 Å². The number of nitrogens with one attached hydrogen (secondary N) is 1. The van der Waals surface area contributed by atoms with Gasteiger partial charge in [-0.2, -0.15) is 0 Å². The average molecular weight is 260 g/mol. The van der Waals surface area contributed by atoms with Crippen molar-refractivity contribution in [2.24, 2.45) is 5.73 Å². The molecule has 1 fully saturated rings. The number of hydrogen-bond acceptors (Lipinski definition) is 2. The number of hydrogen-bond donors (Lipinski definition) is 2. The van der Waals surface area contributed by atoms with Crippen molar-refractivity contribution >= 4 is 0 Å². The summed E-state index contributed by atoms with van der Waals surface area (Å²) in [4.78, 5) is 0. The Morgan fingerprint density at radius 3 is 2.16 bits per heavy atom. The van der Waals surface area contributed by atoms with Gasteiger partial charge in [0.1, 0.15) is 0 Å². The normalized spacial score (nSPS) is 23.5. The highest BCUT2D eigenvalue weighted by Crippen LogP contribution is 2.16. The Kier molecular flexibility index (Phi) is 5.87. The molecule has 3 N–H and O–H groups in total. The van der Waals surface area contributed by atoms with E-state index in [1.807, 2.05) is 0 Å². The Balaban J connectivity index is 1.67. The monoisotopic (exact) mass is 260 g/mol. The first-order chi connectivity index (χ1) is 9.28. The van der Waals surface area contributed by atoms with Crippen LogP contribution in [0.5, 0.6) is 0 Å². The van der Waals surface area contributed by atoms with E-state index < -0.39 is 0 Å². The summed E-state index contributed by atoms with van der Waals surface area (Å²) >= 11 is 0. The molecule has 1 saturated carbocycles. The first-order valence-corrected chi connectivity index (χ1v) is 7.84. The van der Waals surface area contributed by atoms with E-state index >= 15 is 0 Å². The van der Waals surface area contributed by atoms with Crippen LogP contribution in [0.1, 0.15) is 50.2 Å². The number of aryl methyl sites for hydroxylation is 1. The van der Waals surface area contributed by atoms with Crippen molar-refractivity contribution in [1.29, 1.82) is 0 Å². The SMILES string of the molecule is CCCc1ccc(CCNC2CCC(N)CC2)cc1. The Bertz CT molecular complexity index is 350. The van der Waals surface area contributed by atoms with E-state index in [0.717, 1.165) is 13.0 Å². The van der Waals surface area contributed by atoms with E-state index in [9.17, 15) is 0 Å². The third-order valence-electron chi connectivity index (χ3n) is 4.18. The highest BCUT2D eigenvalue weighted by molar-refractivity contribution is 5.22. The maximum atomic E-state index is 5.93. The maximum Gasteiger partial charge on any atom is 0.00683 e. The minimum atomic E-state index is 0.448. The molecule has 1 aliphatic rings. The summed E-state index contributed by atoms with van der Waals surface area (Å²) in [7, 11) is 0. The molecule has 0 bridgehead atoms. The van der Waals surface area contributed by atoms with E-state index in [1.54, 1.807) is 0 Å². The van der Waals surface area contributed by atoms with Gasteiger partial charge in [-0.3, -0.25) is 0 Å². The summed E-state index contributed by atoms with van der Waals surface area (Å²) < 4.78 is 0. The lowest BCUT2D eigenvalue weighted by Gasteiger charge is -2.26. The van der Waals surface area contributed by atoms with Crippen molar-refractivity contribution in [2.45, 2.75) is 64.0 Å². The highest BCUT2D eigenvalue weighted by Gasteiger charge is 2.17. The van der Waals surface area contributed by atoms with E-state index in [4.69, 9.17) is 5.73 Å². The first-order valence-electron chi connectivity index (χ1n) is 7.84. The second-order valence-corrected chi connectivity index (χ2v) is 5.88. The molecule has 0 saturated heterocycles. The molecule has 1 aliphatic carbocycles. The smallest absolute Gasteiger partial charge is 0.00683 e. The van der Waals surface area contributed by atoms with Gasteiger partial charge in [0.05, 0.1) is 0 Å². The molecular formula is C17H28N2. The molecule has 0 radical (unpaired) electrons. The van der Waals surface area contributed by atoms with Crippen LogP contribution in [0.25, 0.3) is 0 Å². The fraction of sp³-hybridized carbons (Fsp3) is 0.647. The van der Waals surface area contributed by atoms with E-state index in [-0.39, 0.29) is 0 Å². The molecular weight excluding hydrogens is 232 g/mol. The van der Waals surface area contributed by atoms with Gasteiger partial charge in [-0.25, -0.2) is 0 Å². The Morgan fingerprint density at radius 2 is 1.58 bits per heavy atom. The van der Waals surface area contributed by atoms with Crippen LogP contribution in [0.3, 0.4) is 0 Å². The fourth-order valence-corrected chi connectivity index (χ4v) is 2.91. The van der Waals surface area contributed by atoms with Gasteiger partial charge in [-0.15, -0.1) is 0 Å². The van der Waals surface area contributed by atoms with E-state index in [2.05, 4.69) is 36.5 Å². The molecule has 0 heterocycles. The summed E-state index contributed by atoms with van der Waals surface area (Å²) in [5, 5.41) is 3.67. The van der Waals surface area contributed by atoms with Crippen molar-refractivity contribution in [3.63, 3.8) is 0 Å². The fourth-order valence-electron chi connectivity index (χ4n) is 2.91. The molecule has 106 valence electrons. The summed E-state index contributed by atoms with van der Waals surface area (Å²) in [5.41, 5.74) is 8.83. The summed E-state index contributed by atoms with van der Waals surface area (Å²) in [6, 6.07) is 10.3. The van der Waals surface area contributed by atoms with Gasteiger partial charge in [-0.05, 0) is 56.2 Å². The van der Waals surface area contributed by atoms with Crippen molar-refractivity contribution in [3.8, 4) is 0 Å². The molecule has 2 nitrogen and oxygen atoms in total.